The molecule has 0 saturated heterocycles. The van der Waals surface area contributed by atoms with Gasteiger partial charge >= 0.3 is 0 Å². The molecule has 0 radical (unpaired) electrons. The van der Waals surface area contributed by atoms with Crippen LogP contribution < -0.4 is 10.6 Å². The monoisotopic (exact) mass is 505 g/mol. The van der Waals surface area contributed by atoms with Gasteiger partial charge in [0, 0.05) is 42.1 Å². The fourth-order valence-electron chi connectivity index (χ4n) is 3.12. The summed E-state index contributed by atoms with van der Waals surface area (Å²) in [5, 5.41) is 10.0. The van der Waals surface area contributed by atoms with Gasteiger partial charge in [-0.1, -0.05) is 6.07 Å². The second-order valence-corrected chi connectivity index (χ2v) is 8.50. The molecule has 4 nitrogen and oxygen atoms in total. The van der Waals surface area contributed by atoms with E-state index in [2.05, 4.69) is 34.4 Å². The minimum atomic E-state index is 0. The van der Waals surface area contributed by atoms with Crippen LogP contribution in [0.5, 0.6) is 0 Å². The zero-order valence-corrected chi connectivity index (χ0v) is 19.1. The number of nitrogens with one attached hydrogen (secondary N) is 2. The molecule has 2 aromatic rings. The van der Waals surface area contributed by atoms with E-state index in [1.165, 1.54) is 24.1 Å². The summed E-state index contributed by atoms with van der Waals surface area (Å²) in [6, 6.07) is 8.77. The summed E-state index contributed by atoms with van der Waals surface area (Å²) in [4.78, 5) is 6.19. The zero-order chi connectivity index (χ0) is 17.3. The van der Waals surface area contributed by atoms with Gasteiger partial charge in [0.1, 0.15) is 5.76 Å². The highest BCUT2D eigenvalue weighted by atomic mass is 127. The summed E-state index contributed by atoms with van der Waals surface area (Å²) >= 11 is 3.79. The summed E-state index contributed by atoms with van der Waals surface area (Å²) in [6.45, 7) is 1.65. The van der Waals surface area contributed by atoms with Crippen molar-refractivity contribution in [3.8, 4) is 0 Å². The van der Waals surface area contributed by atoms with Gasteiger partial charge in [-0.05, 0) is 49.1 Å². The van der Waals surface area contributed by atoms with Gasteiger partial charge in [0.05, 0.1) is 6.26 Å². The van der Waals surface area contributed by atoms with Crippen LogP contribution in [0, 0.1) is 0 Å². The summed E-state index contributed by atoms with van der Waals surface area (Å²) in [6.07, 6.45) is 9.57. The van der Waals surface area contributed by atoms with Crippen LogP contribution in [0.3, 0.4) is 0 Å². The third-order valence-electron chi connectivity index (χ3n) is 4.51. The van der Waals surface area contributed by atoms with Gasteiger partial charge < -0.3 is 15.1 Å². The smallest absolute Gasteiger partial charge is 0.191 e. The second kappa shape index (κ2) is 11.9. The minimum Gasteiger partial charge on any atom is -0.469 e. The average Bonchev–Trinajstić information content (AvgIpc) is 3.37. The molecule has 0 bridgehead atoms. The Kier molecular flexibility index (Phi) is 9.92. The van der Waals surface area contributed by atoms with Crippen molar-refractivity contribution >= 4 is 53.0 Å². The predicted octanol–water partition coefficient (Wildman–Crippen LogP) is 4.56. The Morgan fingerprint density at radius 3 is 2.92 bits per heavy atom. The van der Waals surface area contributed by atoms with E-state index in [-0.39, 0.29) is 24.0 Å². The summed E-state index contributed by atoms with van der Waals surface area (Å²) in [5.41, 5.74) is 0. The van der Waals surface area contributed by atoms with Crippen molar-refractivity contribution in [2.24, 2.45) is 4.99 Å². The quantitative estimate of drug-likeness (QED) is 0.314. The molecule has 1 fully saturated rings. The van der Waals surface area contributed by atoms with Gasteiger partial charge in [0.2, 0.25) is 0 Å². The molecule has 1 aliphatic carbocycles. The van der Waals surface area contributed by atoms with Crippen molar-refractivity contribution in [3.05, 3.63) is 46.5 Å². The molecular weight excluding hydrogens is 477 g/mol. The standard InChI is InChI=1S/C19H27N3OS2.HI/c1-24-18-7-6-15(14-18)22-19(20-10-8-16-4-2-12-23-16)21-11-9-17-5-3-13-25-17;/h2-5,12-13,15,18H,6-11,14H2,1H3,(H2,20,21,22);1H. The molecular formula is C19H28IN3OS2. The number of hydrogen-bond donors (Lipinski definition) is 2. The van der Waals surface area contributed by atoms with E-state index in [9.17, 15) is 0 Å². The van der Waals surface area contributed by atoms with Gasteiger partial charge in [-0.25, -0.2) is 0 Å². The van der Waals surface area contributed by atoms with Gasteiger partial charge in [-0.2, -0.15) is 11.8 Å². The predicted molar refractivity (Wildman–Crippen MR) is 124 cm³/mol. The van der Waals surface area contributed by atoms with Crippen molar-refractivity contribution < 1.29 is 4.42 Å². The molecule has 7 heteroatoms. The van der Waals surface area contributed by atoms with E-state index in [4.69, 9.17) is 9.41 Å². The lowest BCUT2D eigenvalue weighted by Crippen LogP contribution is -2.43. The molecule has 26 heavy (non-hydrogen) atoms. The first-order valence-electron chi connectivity index (χ1n) is 8.96. The lowest BCUT2D eigenvalue weighted by Gasteiger charge is -2.17. The molecule has 0 amide bonds. The average molecular weight is 505 g/mol. The van der Waals surface area contributed by atoms with E-state index in [1.54, 1.807) is 17.6 Å². The number of thiophene rings is 1. The number of aliphatic imine (C=N–C) groups is 1. The lowest BCUT2D eigenvalue weighted by molar-refractivity contribution is 0.506. The fourth-order valence-corrected chi connectivity index (χ4v) is 4.62. The van der Waals surface area contributed by atoms with Gasteiger partial charge in [0.15, 0.2) is 5.96 Å². The van der Waals surface area contributed by atoms with E-state index in [0.717, 1.165) is 42.9 Å². The van der Waals surface area contributed by atoms with Crippen LogP contribution in [0.15, 0.2) is 45.3 Å². The number of furan rings is 1. The zero-order valence-electron chi connectivity index (χ0n) is 15.1. The topological polar surface area (TPSA) is 49.6 Å². The van der Waals surface area contributed by atoms with Crippen LogP contribution in [0.25, 0.3) is 0 Å². The maximum absolute atomic E-state index is 5.41. The first kappa shape index (κ1) is 21.6. The number of rotatable bonds is 8. The maximum atomic E-state index is 5.41. The molecule has 2 unspecified atom stereocenters. The summed E-state index contributed by atoms with van der Waals surface area (Å²) < 4.78 is 5.41. The molecule has 1 saturated carbocycles. The minimum absolute atomic E-state index is 0. The van der Waals surface area contributed by atoms with Crippen molar-refractivity contribution in [1.29, 1.82) is 0 Å². The van der Waals surface area contributed by atoms with Gasteiger partial charge in [0.25, 0.3) is 0 Å². The first-order chi connectivity index (χ1) is 12.3. The summed E-state index contributed by atoms with van der Waals surface area (Å²) in [5.74, 6) is 1.95. The molecule has 0 spiro atoms. The Bertz CT molecular complexity index is 631. The molecule has 1 aliphatic rings. The SMILES string of the molecule is CSC1CCC(NC(=NCCc2cccs2)NCCc2ccco2)C1.I. The number of hydrogen-bond acceptors (Lipinski definition) is 4. The number of guanidine groups is 1. The molecule has 0 aromatic carbocycles. The summed E-state index contributed by atoms with van der Waals surface area (Å²) in [7, 11) is 0. The van der Waals surface area contributed by atoms with Crippen molar-refractivity contribution in [2.75, 3.05) is 19.3 Å². The van der Waals surface area contributed by atoms with Crippen LogP contribution in [0.2, 0.25) is 0 Å². The normalized spacial score (nSPS) is 20.0. The van der Waals surface area contributed by atoms with E-state index in [1.807, 2.05) is 23.9 Å². The fraction of sp³-hybridized carbons (Fsp3) is 0.526. The van der Waals surface area contributed by atoms with E-state index in [0.29, 0.717) is 6.04 Å². The van der Waals surface area contributed by atoms with Crippen LogP contribution in [0.1, 0.15) is 29.9 Å². The number of halogens is 1. The van der Waals surface area contributed by atoms with Crippen LogP contribution in [0.4, 0.5) is 0 Å². The lowest BCUT2D eigenvalue weighted by atomic mass is 10.2. The van der Waals surface area contributed by atoms with Crippen LogP contribution in [-0.4, -0.2) is 36.6 Å². The Morgan fingerprint density at radius 1 is 1.31 bits per heavy atom. The molecule has 0 aliphatic heterocycles. The van der Waals surface area contributed by atoms with Crippen molar-refractivity contribution in [2.45, 2.75) is 43.4 Å². The maximum Gasteiger partial charge on any atom is 0.191 e. The van der Waals surface area contributed by atoms with Gasteiger partial charge in [-0.15, -0.1) is 35.3 Å². The van der Waals surface area contributed by atoms with E-state index >= 15 is 0 Å². The van der Waals surface area contributed by atoms with Crippen molar-refractivity contribution in [1.82, 2.24) is 10.6 Å². The molecule has 2 N–H and O–H groups in total. The Labute approximate surface area is 181 Å². The highest BCUT2D eigenvalue weighted by molar-refractivity contribution is 14.0. The van der Waals surface area contributed by atoms with Gasteiger partial charge in [-0.3, -0.25) is 4.99 Å². The van der Waals surface area contributed by atoms with Crippen LogP contribution in [-0.2, 0) is 12.8 Å². The Hall–Kier alpha value is -0.670. The van der Waals surface area contributed by atoms with Crippen LogP contribution >= 0.6 is 47.1 Å². The Morgan fingerprint density at radius 2 is 2.23 bits per heavy atom. The first-order valence-corrected chi connectivity index (χ1v) is 11.1. The second-order valence-electron chi connectivity index (χ2n) is 6.33. The Balaban J connectivity index is 0.00000243. The third-order valence-corrected chi connectivity index (χ3v) is 6.54. The molecule has 3 rings (SSSR count). The highest BCUT2D eigenvalue weighted by Gasteiger charge is 2.24. The number of thioether (sulfide) groups is 1. The number of nitrogens with zero attached hydrogens (tertiary/aromatic N) is 1. The molecule has 2 aromatic heterocycles. The van der Waals surface area contributed by atoms with Crippen molar-refractivity contribution in [3.63, 3.8) is 0 Å². The molecule has 144 valence electrons. The largest absolute Gasteiger partial charge is 0.469 e. The molecule has 2 atom stereocenters. The third kappa shape index (κ3) is 7.15. The molecule has 2 heterocycles. The highest BCUT2D eigenvalue weighted by Crippen LogP contribution is 2.28. The van der Waals surface area contributed by atoms with E-state index < -0.39 is 0 Å².